The van der Waals surface area contributed by atoms with Crippen molar-refractivity contribution in [1.29, 1.82) is 0 Å². The van der Waals surface area contributed by atoms with Crippen LogP contribution < -0.4 is 21.1 Å². The lowest BCUT2D eigenvalue weighted by Crippen LogP contribution is -2.25. The molecule has 30 heavy (non-hydrogen) atoms. The number of nitrogens with two attached hydrogens (primary N) is 1. The fraction of sp³-hybridized carbons (Fsp3) is 0.238. The molecule has 0 aliphatic rings. The maximum absolute atomic E-state index is 12.4. The van der Waals surface area contributed by atoms with Crippen molar-refractivity contribution in [3.8, 4) is 5.75 Å². The Labute approximate surface area is 174 Å². The molecule has 0 radical (unpaired) electrons. The highest BCUT2D eigenvalue weighted by molar-refractivity contribution is 5.97. The number of nitrogens with one attached hydrogen (secondary N) is 2. The van der Waals surface area contributed by atoms with Gasteiger partial charge in [0.1, 0.15) is 12.3 Å². The molecule has 156 valence electrons. The number of nitrogens with zero attached hydrogens (tertiary/aromatic N) is 3. The van der Waals surface area contributed by atoms with Crippen molar-refractivity contribution >= 4 is 23.3 Å². The number of anilines is 2. The molecular formula is C21H24N6O3. The predicted octanol–water partition coefficient (Wildman–Crippen LogP) is 2.05. The smallest absolute Gasteiger partial charge is 0.275 e. The Morgan fingerprint density at radius 3 is 2.57 bits per heavy atom. The summed E-state index contributed by atoms with van der Waals surface area (Å²) in [6, 6.07) is 13.1. The van der Waals surface area contributed by atoms with E-state index in [0.717, 1.165) is 28.1 Å². The molecule has 0 spiro atoms. The fourth-order valence-corrected chi connectivity index (χ4v) is 2.80. The summed E-state index contributed by atoms with van der Waals surface area (Å²) in [5.74, 6) is -0.0234. The summed E-state index contributed by atoms with van der Waals surface area (Å²) in [4.78, 5) is 24.8. The molecule has 0 atom stereocenters. The molecule has 0 bridgehead atoms. The Hall–Kier alpha value is -3.88. The largest absolute Gasteiger partial charge is 0.497 e. The summed E-state index contributed by atoms with van der Waals surface area (Å²) in [7, 11) is 1.59. The van der Waals surface area contributed by atoms with E-state index in [0.29, 0.717) is 6.54 Å². The lowest BCUT2D eigenvalue weighted by atomic mass is 10.1. The van der Waals surface area contributed by atoms with Crippen LogP contribution in [0, 0.1) is 13.8 Å². The summed E-state index contributed by atoms with van der Waals surface area (Å²) in [5.41, 5.74) is 9.55. The van der Waals surface area contributed by atoms with E-state index in [1.165, 1.54) is 4.68 Å². The minimum Gasteiger partial charge on any atom is -0.497 e. The third kappa shape index (κ3) is 4.93. The molecule has 2 aromatic carbocycles. The van der Waals surface area contributed by atoms with Crippen LogP contribution >= 0.6 is 0 Å². The van der Waals surface area contributed by atoms with Crippen LogP contribution in [-0.4, -0.2) is 33.9 Å². The Balaban J connectivity index is 1.60. The standard InChI is InChI=1S/C21H24N6O3/c1-13-4-5-14(2)17(10-13)24-18(28)12-27-20(22)19(25-26-27)21(29)23-11-15-6-8-16(30-3)9-7-15/h4-10H,11-12,22H2,1-3H3,(H,23,29)(H,24,28). The molecule has 1 heterocycles. The van der Waals surface area contributed by atoms with E-state index in [4.69, 9.17) is 10.5 Å². The van der Waals surface area contributed by atoms with Crippen LogP contribution in [0.1, 0.15) is 27.2 Å². The number of benzene rings is 2. The zero-order chi connectivity index (χ0) is 21.7. The number of rotatable bonds is 7. The number of aromatic nitrogens is 3. The van der Waals surface area contributed by atoms with Crippen molar-refractivity contribution in [2.75, 3.05) is 18.2 Å². The third-order valence-corrected chi connectivity index (χ3v) is 4.56. The molecule has 0 saturated carbocycles. The molecule has 0 aliphatic heterocycles. The average molecular weight is 408 g/mol. The Bertz CT molecular complexity index is 1060. The van der Waals surface area contributed by atoms with Crippen molar-refractivity contribution < 1.29 is 14.3 Å². The van der Waals surface area contributed by atoms with Crippen LogP contribution in [0.25, 0.3) is 0 Å². The van der Waals surface area contributed by atoms with Gasteiger partial charge in [-0.2, -0.15) is 0 Å². The fourth-order valence-electron chi connectivity index (χ4n) is 2.80. The lowest BCUT2D eigenvalue weighted by molar-refractivity contribution is -0.116. The number of nitrogen functional groups attached to an aromatic ring is 1. The normalized spacial score (nSPS) is 10.5. The van der Waals surface area contributed by atoms with E-state index in [-0.39, 0.29) is 24.0 Å². The molecule has 3 rings (SSSR count). The molecule has 4 N–H and O–H groups in total. The molecule has 0 fully saturated rings. The first kappa shape index (κ1) is 20.8. The van der Waals surface area contributed by atoms with Crippen LogP contribution in [0.4, 0.5) is 11.5 Å². The van der Waals surface area contributed by atoms with Gasteiger partial charge >= 0.3 is 0 Å². The third-order valence-electron chi connectivity index (χ3n) is 4.56. The molecule has 0 aliphatic carbocycles. The number of hydrogen-bond acceptors (Lipinski definition) is 6. The molecular weight excluding hydrogens is 384 g/mol. The van der Waals surface area contributed by atoms with Gasteiger partial charge in [-0.15, -0.1) is 5.10 Å². The molecule has 0 unspecified atom stereocenters. The maximum Gasteiger partial charge on any atom is 0.275 e. The summed E-state index contributed by atoms with van der Waals surface area (Å²) in [5, 5.41) is 13.2. The molecule has 0 saturated heterocycles. The minimum atomic E-state index is -0.468. The van der Waals surface area contributed by atoms with E-state index in [1.54, 1.807) is 19.2 Å². The van der Waals surface area contributed by atoms with Crippen LogP contribution in [0.15, 0.2) is 42.5 Å². The summed E-state index contributed by atoms with van der Waals surface area (Å²) >= 11 is 0. The van der Waals surface area contributed by atoms with Crippen molar-refractivity contribution in [3.05, 3.63) is 64.8 Å². The van der Waals surface area contributed by atoms with Gasteiger partial charge in [0.25, 0.3) is 5.91 Å². The van der Waals surface area contributed by atoms with E-state index in [2.05, 4.69) is 20.9 Å². The Kier molecular flexibility index (Phi) is 6.31. The monoisotopic (exact) mass is 408 g/mol. The highest BCUT2D eigenvalue weighted by Crippen LogP contribution is 2.17. The Morgan fingerprint density at radius 1 is 1.13 bits per heavy atom. The zero-order valence-electron chi connectivity index (χ0n) is 17.1. The van der Waals surface area contributed by atoms with Gasteiger partial charge in [0.2, 0.25) is 5.91 Å². The zero-order valence-corrected chi connectivity index (χ0v) is 17.1. The van der Waals surface area contributed by atoms with Gasteiger partial charge in [0.15, 0.2) is 11.5 Å². The van der Waals surface area contributed by atoms with Crippen LogP contribution in [-0.2, 0) is 17.9 Å². The van der Waals surface area contributed by atoms with Crippen LogP contribution in [0.3, 0.4) is 0 Å². The van der Waals surface area contributed by atoms with E-state index >= 15 is 0 Å². The molecule has 1 aromatic heterocycles. The van der Waals surface area contributed by atoms with Crippen molar-refractivity contribution in [2.24, 2.45) is 0 Å². The Morgan fingerprint density at radius 2 is 1.87 bits per heavy atom. The minimum absolute atomic E-state index is 0.0250. The SMILES string of the molecule is COc1ccc(CNC(=O)c2nnn(CC(=O)Nc3cc(C)ccc3C)c2N)cc1. The van der Waals surface area contributed by atoms with Crippen molar-refractivity contribution in [3.63, 3.8) is 0 Å². The number of carbonyl (C=O) groups is 2. The maximum atomic E-state index is 12.4. The number of methoxy groups -OCH3 is 1. The van der Waals surface area contributed by atoms with Gasteiger partial charge in [0, 0.05) is 12.2 Å². The molecule has 9 nitrogen and oxygen atoms in total. The lowest BCUT2D eigenvalue weighted by Gasteiger charge is -2.10. The highest BCUT2D eigenvalue weighted by Gasteiger charge is 2.19. The number of aryl methyl sites for hydroxylation is 2. The highest BCUT2D eigenvalue weighted by atomic mass is 16.5. The number of carbonyl (C=O) groups excluding carboxylic acids is 2. The predicted molar refractivity (Wildman–Crippen MR) is 113 cm³/mol. The summed E-state index contributed by atoms with van der Waals surface area (Å²) in [6.07, 6.45) is 0. The van der Waals surface area contributed by atoms with Crippen molar-refractivity contribution in [1.82, 2.24) is 20.3 Å². The van der Waals surface area contributed by atoms with Crippen LogP contribution in [0.2, 0.25) is 0 Å². The quantitative estimate of drug-likeness (QED) is 0.550. The topological polar surface area (TPSA) is 124 Å². The number of ether oxygens (including phenoxy) is 1. The average Bonchev–Trinajstić information content (AvgIpc) is 3.09. The van der Waals surface area contributed by atoms with Gasteiger partial charge in [-0.25, -0.2) is 4.68 Å². The summed E-state index contributed by atoms with van der Waals surface area (Å²) in [6.45, 7) is 3.99. The second-order valence-corrected chi connectivity index (χ2v) is 6.88. The second-order valence-electron chi connectivity index (χ2n) is 6.88. The van der Waals surface area contributed by atoms with Gasteiger partial charge < -0.3 is 21.1 Å². The second kappa shape index (κ2) is 9.08. The van der Waals surface area contributed by atoms with Gasteiger partial charge in [-0.3, -0.25) is 9.59 Å². The number of amides is 2. The number of hydrogen-bond donors (Lipinski definition) is 3. The van der Waals surface area contributed by atoms with Crippen molar-refractivity contribution in [2.45, 2.75) is 26.9 Å². The van der Waals surface area contributed by atoms with E-state index in [1.807, 2.05) is 44.2 Å². The first-order valence-corrected chi connectivity index (χ1v) is 9.34. The van der Waals surface area contributed by atoms with Crippen LogP contribution in [0.5, 0.6) is 5.75 Å². The van der Waals surface area contributed by atoms with E-state index < -0.39 is 5.91 Å². The summed E-state index contributed by atoms with van der Waals surface area (Å²) < 4.78 is 6.30. The molecule has 2 amide bonds. The van der Waals surface area contributed by atoms with E-state index in [9.17, 15) is 9.59 Å². The van der Waals surface area contributed by atoms with Gasteiger partial charge in [-0.1, -0.05) is 29.5 Å². The molecule has 9 heteroatoms. The first-order valence-electron chi connectivity index (χ1n) is 9.34. The van der Waals surface area contributed by atoms with Gasteiger partial charge in [0.05, 0.1) is 7.11 Å². The van der Waals surface area contributed by atoms with Gasteiger partial charge in [-0.05, 0) is 48.7 Å². The molecule has 3 aromatic rings. The first-order chi connectivity index (χ1) is 14.4.